The van der Waals surface area contributed by atoms with Crippen molar-refractivity contribution in [2.75, 3.05) is 18.0 Å². The highest BCUT2D eigenvalue weighted by atomic mass is 32.1. The van der Waals surface area contributed by atoms with Gasteiger partial charge in [-0.1, -0.05) is 18.2 Å². The normalized spacial score (nSPS) is 15.0. The van der Waals surface area contributed by atoms with Gasteiger partial charge in [-0.05, 0) is 50.5 Å². The highest BCUT2D eigenvalue weighted by Gasteiger charge is 2.15. The SMILES string of the molecule is Cc1sc(N2CCCCC2)nc1/C=C/c1cn(-c2ccccc2)[nH]c1=O. The minimum atomic E-state index is -0.103. The number of rotatable bonds is 4. The van der Waals surface area contributed by atoms with Crippen LogP contribution >= 0.6 is 11.3 Å². The molecule has 26 heavy (non-hydrogen) atoms. The average molecular weight is 366 g/mol. The van der Waals surface area contributed by atoms with Crippen molar-refractivity contribution in [3.8, 4) is 5.69 Å². The number of hydrogen-bond donors (Lipinski definition) is 1. The number of thiazole rings is 1. The summed E-state index contributed by atoms with van der Waals surface area (Å²) in [4.78, 5) is 20.6. The zero-order valence-corrected chi connectivity index (χ0v) is 15.6. The van der Waals surface area contributed by atoms with Crippen LogP contribution in [0, 0.1) is 6.92 Å². The van der Waals surface area contributed by atoms with Gasteiger partial charge in [0.1, 0.15) is 0 Å². The monoisotopic (exact) mass is 366 g/mol. The van der Waals surface area contributed by atoms with E-state index in [9.17, 15) is 4.79 Å². The Morgan fingerprint density at radius 3 is 2.65 bits per heavy atom. The van der Waals surface area contributed by atoms with Crippen molar-refractivity contribution in [2.45, 2.75) is 26.2 Å². The Hall–Kier alpha value is -2.60. The molecule has 3 heterocycles. The maximum Gasteiger partial charge on any atom is 0.271 e. The minimum absolute atomic E-state index is 0.103. The average Bonchev–Trinajstić information content (AvgIpc) is 3.24. The number of H-pyrrole nitrogens is 1. The van der Waals surface area contributed by atoms with Crippen molar-refractivity contribution in [1.82, 2.24) is 14.8 Å². The van der Waals surface area contributed by atoms with Crippen LogP contribution in [0.4, 0.5) is 5.13 Å². The molecule has 0 unspecified atom stereocenters. The first kappa shape index (κ1) is 16.8. The lowest BCUT2D eigenvalue weighted by Gasteiger charge is -2.25. The lowest BCUT2D eigenvalue weighted by Crippen LogP contribution is -2.29. The smallest absolute Gasteiger partial charge is 0.271 e. The van der Waals surface area contributed by atoms with Crippen molar-refractivity contribution in [3.63, 3.8) is 0 Å². The highest BCUT2D eigenvalue weighted by Crippen LogP contribution is 2.28. The summed E-state index contributed by atoms with van der Waals surface area (Å²) < 4.78 is 1.75. The van der Waals surface area contributed by atoms with E-state index < -0.39 is 0 Å². The molecule has 3 aromatic rings. The van der Waals surface area contributed by atoms with E-state index in [-0.39, 0.29) is 5.56 Å². The zero-order valence-electron chi connectivity index (χ0n) is 14.8. The highest BCUT2D eigenvalue weighted by molar-refractivity contribution is 7.15. The summed E-state index contributed by atoms with van der Waals surface area (Å²) in [6.45, 7) is 4.27. The van der Waals surface area contributed by atoms with Gasteiger partial charge in [0.05, 0.1) is 16.9 Å². The van der Waals surface area contributed by atoms with E-state index in [0.29, 0.717) is 5.56 Å². The van der Waals surface area contributed by atoms with Gasteiger partial charge in [0, 0.05) is 24.2 Å². The van der Waals surface area contributed by atoms with Gasteiger partial charge in [0.15, 0.2) is 5.13 Å². The fraction of sp³-hybridized carbons (Fsp3) is 0.300. The van der Waals surface area contributed by atoms with Crippen LogP contribution in [0.2, 0.25) is 0 Å². The standard InChI is InChI=1S/C20H22N4OS/c1-15-18(21-20(26-15)23-12-6-3-7-13-23)11-10-16-14-24(22-19(16)25)17-8-4-2-5-9-17/h2,4-5,8-11,14H,3,6-7,12-13H2,1H3,(H,22,25)/b11-10+. The van der Waals surface area contributed by atoms with E-state index in [1.54, 1.807) is 16.0 Å². The molecule has 5 nitrogen and oxygen atoms in total. The minimum Gasteiger partial charge on any atom is -0.348 e. The number of aromatic nitrogens is 3. The van der Waals surface area contributed by atoms with Crippen molar-refractivity contribution in [3.05, 3.63) is 63.0 Å². The molecule has 6 heteroatoms. The molecule has 1 fully saturated rings. The molecule has 2 aromatic heterocycles. The van der Waals surface area contributed by atoms with Crippen LogP contribution < -0.4 is 10.5 Å². The van der Waals surface area contributed by atoms with Crippen LogP contribution in [-0.4, -0.2) is 27.9 Å². The summed E-state index contributed by atoms with van der Waals surface area (Å²) in [7, 11) is 0. The third kappa shape index (κ3) is 3.51. The van der Waals surface area contributed by atoms with E-state index in [1.807, 2.05) is 48.7 Å². The second-order valence-electron chi connectivity index (χ2n) is 6.55. The Balaban J connectivity index is 1.56. The molecule has 1 aromatic carbocycles. The molecule has 0 aliphatic carbocycles. The summed E-state index contributed by atoms with van der Waals surface area (Å²) >= 11 is 1.73. The van der Waals surface area contributed by atoms with Crippen molar-refractivity contribution in [2.24, 2.45) is 0 Å². The number of piperidine rings is 1. The van der Waals surface area contributed by atoms with Crippen LogP contribution in [0.3, 0.4) is 0 Å². The zero-order chi connectivity index (χ0) is 17.9. The van der Waals surface area contributed by atoms with E-state index in [1.165, 1.54) is 24.1 Å². The fourth-order valence-corrected chi connectivity index (χ4v) is 4.14. The first-order valence-corrected chi connectivity index (χ1v) is 9.80. The summed E-state index contributed by atoms with van der Waals surface area (Å²) in [6, 6.07) is 9.77. The van der Waals surface area contributed by atoms with Gasteiger partial charge in [0.2, 0.25) is 0 Å². The molecular formula is C20H22N4OS. The predicted molar refractivity (Wildman–Crippen MR) is 108 cm³/mol. The van der Waals surface area contributed by atoms with Gasteiger partial charge in [-0.2, -0.15) is 0 Å². The Labute approximate surface area is 156 Å². The molecule has 1 aliphatic rings. The molecular weight excluding hydrogens is 344 g/mol. The van der Waals surface area contributed by atoms with Crippen molar-refractivity contribution in [1.29, 1.82) is 0 Å². The molecule has 0 bridgehead atoms. The largest absolute Gasteiger partial charge is 0.348 e. The first-order valence-electron chi connectivity index (χ1n) is 8.98. The topological polar surface area (TPSA) is 53.9 Å². The van der Waals surface area contributed by atoms with E-state index in [2.05, 4.69) is 16.9 Å². The second-order valence-corrected chi connectivity index (χ2v) is 7.73. The number of nitrogens with one attached hydrogen (secondary N) is 1. The second kappa shape index (κ2) is 7.33. The van der Waals surface area contributed by atoms with Crippen LogP contribution in [0.25, 0.3) is 17.8 Å². The number of nitrogens with zero attached hydrogens (tertiary/aromatic N) is 3. The Kier molecular flexibility index (Phi) is 4.75. The van der Waals surface area contributed by atoms with Crippen LogP contribution in [0.1, 0.15) is 35.4 Å². The maximum absolute atomic E-state index is 12.2. The first-order chi connectivity index (χ1) is 12.7. The van der Waals surface area contributed by atoms with Crippen molar-refractivity contribution >= 4 is 28.6 Å². The Bertz CT molecular complexity index is 961. The number of anilines is 1. The number of para-hydroxylation sites is 1. The third-order valence-corrected chi connectivity index (χ3v) is 5.70. The summed E-state index contributed by atoms with van der Waals surface area (Å²) in [5.74, 6) is 0. The van der Waals surface area contributed by atoms with Crippen LogP contribution in [-0.2, 0) is 0 Å². The fourth-order valence-electron chi connectivity index (χ4n) is 3.19. The third-order valence-electron chi connectivity index (χ3n) is 4.66. The van der Waals surface area contributed by atoms with Crippen molar-refractivity contribution < 1.29 is 0 Å². The van der Waals surface area contributed by atoms with E-state index >= 15 is 0 Å². The summed E-state index contributed by atoms with van der Waals surface area (Å²) in [5, 5.41) is 3.95. The lowest BCUT2D eigenvalue weighted by molar-refractivity contribution is 0.577. The molecule has 1 saturated heterocycles. The predicted octanol–water partition coefficient (Wildman–Crippen LogP) is 4.09. The maximum atomic E-state index is 12.2. The quantitative estimate of drug-likeness (QED) is 0.757. The van der Waals surface area contributed by atoms with Crippen LogP contribution in [0.15, 0.2) is 41.3 Å². The van der Waals surface area contributed by atoms with Crippen LogP contribution in [0.5, 0.6) is 0 Å². The van der Waals surface area contributed by atoms with E-state index in [4.69, 9.17) is 4.98 Å². The molecule has 0 spiro atoms. The van der Waals surface area contributed by atoms with Gasteiger partial charge >= 0.3 is 0 Å². The number of aryl methyl sites for hydroxylation is 1. The number of benzene rings is 1. The number of aromatic amines is 1. The molecule has 0 atom stereocenters. The van der Waals surface area contributed by atoms with Gasteiger partial charge in [-0.25, -0.2) is 4.98 Å². The molecule has 1 N–H and O–H groups in total. The molecule has 0 radical (unpaired) electrons. The summed E-state index contributed by atoms with van der Waals surface area (Å²) in [6.07, 6.45) is 9.41. The molecule has 0 saturated carbocycles. The number of hydrogen-bond acceptors (Lipinski definition) is 4. The van der Waals surface area contributed by atoms with Gasteiger partial charge in [-0.15, -0.1) is 11.3 Å². The van der Waals surface area contributed by atoms with E-state index in [0.717, 1.165) is 29.6 Å². The van der Waals surface area contributed by atoms with Gasteiger partial charge < -0.3 is 4.90 Å². The van der Waals surface area contributed by atoms with Gasteiger partial charge in [-0.3, -0.25) is 14.6 Å². The molecule has 134 valence electrons. The Morgan fingerprint density at radius 2 is 1.88 bits per heavy atom. The lowest BCUT2D eigenvalue weighted by atomic mass is 10.1. The molecule has 1 aliphatic heterocycles. The molecule has 0 amide bonds. The summed E-state index contributed by atoms with van der Waals surface area (Å²) in [5.41, 5.74) is 2.40. The Morgan fingerprint density at radius 1 is 1.12 bits per heavy atom. The van der Waals surface area contributed by atoms with Gasteiger partial charge in [0.25, 0.3) is 5.56 Å². The molecule has 4 rings (SSSR count).